The fraction of sp³-hybridized carbons (Fsp3) is 0.583. The summed E-state index contributed by atoms with van der Waals surface area (Å²) >= 11 is 0. The van der Waals surface area contributed by atoms with Crippen molar-refractivity contribution in [1.82, 2.24) is 19.1 Å². The molecule has 2 aromatic rings. The Hall–Kier alpha value is -1.82. The minimum Gasteiger partial charge on any atom is -0.394 e. The van der Waals surface area contributed by atoms with Gasteiger partial charge in [-0.15, -0.1) is 0 Å². The van der Waals surface area contributed by atoms with Gasteiger partial charge in [0.1, 0.15) is 18.4 Å². The first-order valence-electron chi connectivity index (χ1n) is 7.36. The van der Waals surface area contributed by atoms with Gasteiger partial charge in [0.05, 0.1) is 12.9 Å². The predicted octanol–water partition coefficient (Wildman–Crippen LogP) is -1.07. The van der Waals surface area contributed by atoms with Crippen LogP contribution in [0.15, 0.2) is 11.1 Å². The summed E-state index contributed by atoms with van der Waals surface area (Å²) in [6.45, 7) is -0.481. The summed E-state index contributed by atoms with van der Waals surface area (Å²) in [6.07, 6.45) is -1.28. The highest BCUT2D eigenvalue weighted by Gasteiger charge is 2.40. The topological polar surface area (TPSA) is 161 Å². The molecule has 0 radical (unpaired) electrons. The Morgan fingerprint density at radius 3 is 2.84 bits per heavy atom. The molecule has 0 bridgehead atoms. The van der Waals surface area contributed by atoms with Gasteiger partial charge >= 0.3 is 7.82 Å². The molecule has 138 valence electrons. The summed E-state index contributed by atoms with van der Waals surface area (Å²) in [5.74, 6) is 0.318. The van der Waals surface area contributed by atoms with Gasteiger partial charge in [-0.1, -0.05) is 0 Å². The molecule has 3 heterocycles. The van der Waals surface area contributed by atoms with Crippen LogP contribution >= 0.6 is 7.82 Å². The van der Waals surface area contributed by atoms with Gasteiger partial charge in [0, 0.05) is 20.5 Å². The van der Waals surface area contributed by atoms with Gasteiger partial charge < -0.3 is 24.9 Å². The van der Waals surface area contributed by atoms with Crippen LogP contribution in [0, 0.1) is 0 Å². The normalized spacial score (nSPS) is 24.1. The highest BCUT2D eigenvalue weighted by Crippen LogP contribution is 2.43. The number of imidazole rings is 1. The second-order valence-electron chi connectivity index (χ2n) is 5.56. The molecule has 1 fully saturated rings. The Labute approximate surface area is 141 Å². The van der Waals surface area contributed by atoms with Crippen molar-refractivity contribution < 1.29 is 28.7 Å². The lowest BCUT2D eigenvalue weighted by molar-refractivity contribution is -0.0425. The first-order chi connectivity index (χ1) is 11.7. The third-order valence-electron chi connectivity index (χ3n) is 3.97. The van der Waals surface area contributed by atoms with Crippen molar-refractivity contribution in [3.63, 3.8) is 0 Å². The number of aliphatic hydroxyl groups is 1. The summed E-state index contributed by atoms with van der Waals surface area (Å²) in [5.41, 5.74) is 0.0313. The van der Waals surface area contributed by atoms with E-state index in [-0.39, 0.29) is 23.1 Å². The number of phosphoric acid groups is 1. The first-order valence-corrected chi connectivity index (χ1v) is 8.89. The van der Waals surface area contributed by atoms with E-state index in [1.54, 1.807) is 14.1 Å². The first kappa shape index (κ1) is 18.0. The molecule has 13 heteroatoms. The van der Waals surface area contributed by atoms with Crippen LogP contribution in [0.3, 0.4) is 0 Å². The Morgan fingerprint density at radius 2 is 2.24 bits per heavy atom. The third kappa shape index (κ3) is 3.32. The van der Waals surface area contributed by atoms with E-state index in [4.69, 9.17) is 14.5 Å². The number of aliphatic hydroxyl groups excluding tert-OH is 1. The number of nitrogens with one attached hydrogen (secondary N) is 1. The lowest BCUT2D eigenvalue weighted by Gasteiger charge is -2.16. The Balaban J connectivity index is 1.99. The van der Waals surface area contributed by atoms with Crippen molar-refractivity contribution in [2.45, 2.75) is 24.9 Å². The second-order valence-corrected chi connectivity index (χ2v) is 6.75. The van der Waals surface area contributed by atoms with Crippen LogP contribution in [-0.2, 0) is 20.9 Å². The summed E-state index contributed by atoms with van der Waals surface area (Å²) < 4.78 is 24.1. The van der Waals surface area contributed by atoms with Gasteiger partial charge in [-0.2, -0.15) is 4.98 Å². The SMILES string of the molecule is CNc1nc2c(ncn2[C@H]2C[C@H](OP(=O)(O)O)[C@@H](CO)O2)c(=O)n1C. The molecule has 1 aliphatic heterocycles. The van der Waals surface area contributed by atoms with E-state index in [0.29, 0.717) is 5.95 Å². The molecule has 12 nitrogen and oxygen atoms in total. The van der Waals surface area contributed by atoms with E-state index in [0.717, 1.165) is 0 Å². The number of nitrogens with zero attached hydrogens (tertiary/aromatic N) is 4. The molecule has 0 unspecified atom stereocenters. The van der Waals surface area contributed by atoms with Crippen LogP contribution in [0.4, 0.5) is 5.95 Å². The predicted molar refractivity (Wildman–Crippen MR) is 84.8 cm³/mol. The van der Waals surface area contributed by atoms with E-state index in [1.807, 2.05) is 0 Å². The maximum absolute atomic E-state index is 12.3. The van der Waals surface area contributed by atoms with Crippen molar-refractivity contribution >= 4 is 24.9 Å². The monoisotopic (exact) mass is 375 g/mol. The fourth-order valence-corrected chi connectivity index (χ4v) is 3.38. The average molecular weight is 375 g/mol. The van der Waals surface area contributed by atoms with E-state index in [1.165, 1.54) is 15.5 Å². The van der Waals surface area contributed by atoms with Crippen LogP contribution in [0.5, 0.6) is 0 Å². The van der Waals surface area contributed by atoms with E-state index in [2.05, 4.69) is 19.8 Å². The van der Waals surface area contributed by atoms with Gasteiger partial charge in [-0.25, -0.2) is 9.55 Å². The number of phosphoric ester groups is 1. The number of fused-ring (bicyclic) bond motifs is 1. The van der Waals surface area contributed by atoms with Crippen LogP contribution in [0.25, 0.3) is 11.2 Å². The second kappa shape index (κ2) is 6.48. The molecule has 0 saturated carbocycles. The zero-order chi connectivity index (χ0) is 18.4. The lowest BCUT2D eigenvalue weighted by atomic mass is 10.2. The minimum absolute atomic E-state index is 0.0492. The summed E-state index contributed by atoms with van der Waals surface area (Å²) in [7, 11) is -1.57. The highest BCUT2D eigenvalue weighted by atomic mass is 31.2. The van der Waals surface area contributed by atoms with Gasteiger partial charge in [0.2, 0.25) is 5.95 Å². The summed E-state index contributed by atoms with van der Waals surface area (Å²) in [4.78, 5) is 38.6. The van der Waals surface area contributed by atoms with Gasteiger partial charge in [0.15, 0.2) is 11.2 Å². The van der Waals surface area contributed by atoms with E-state index >= 15 is 0 Å². The van der Waals surface area contributed by atoms with Crippen LogP contribution in [0.1, 0.15) is 12.6 Å². The smallest absolute Gasteiger partial charge is 0.394 e. The van der Waals surface area contributed by atoms with Gasteiger partial charge in [-0.3, -0.25) is 18.5 Å². The van der Waals surface area contributed by atoms with Crippen molar-refractivity contribution in [2.24, 2.45) is 7.05 Å². The molecule has 1 aliphatic rings. The molecule has 3 rings (SSSR count). The molecule has 0 aromatic carbocycles. The minimum atomic E-state index is -4.74. The molecule has 4 N–H and O–H groups in total. The van der Waals surface area contributed by atoms with Crippen molar-refractivity contribution in [3.05, 3.63) is 16.7 Å². The van der Waals surface area contributed by atoms with Crippen molar-refractivity contribution in [3.8, 4) is 0 Å². The van der Waals surface area contributed by atoms with Crippen LogP contribution in [0.2, 0.25) is 0 Å². The standard InChI is InChI=1S/C12H18N5O7P/c1-13-12-15-10-9(11(19)16(12)2)14-5-17(10)8-3-6(7(4-18)23-8)24-25(20,21)22/h5-8,18H,3-4H2,1-2H3,(H,13,15)(H2,20,21,22)/t6-,7+,8+/m0/s1. The number of hydrogen-bond acceptors (Lipinski definition) is 8. The largest absolute Gasteiger partial charge is 0.469 e. The maximum atomic E-state index is 12.3. The van der Waals surface area contributed by atoms with E-state index in [9.17, 15) is 14.5 Å². The molecular weight excluding hydrogens is 357 g/mol. The molecule has 0 spiro atoms. The Kier molecular flexibility index (Phi) is 4.66. The number of ether oxygens (including phenoxy) is 1. The lowest BCUT2D eigenvalue weighted by Crippen LogP contribution is -2.26. The zero-order valence-corrected chi connectivity index (χ0v) is 14.3. The maximum Gasteiger partial charge on any atom is 0.469 e. The molecule has 25 heavy (non-hydrogen) atoms. The van der Waals surface area contributed by atoms with Crippen LogP contribution in [-0.4, -0.2) is 59.9 Å². The molecule has 2 aromatic heterocycles. The average Bonchev–Trinajstić information content (AvgIpc) is 3.12. The number of hydrogen-bond donors (Lipinski definition) is 4. The van der Waals surface area contributed by atoms with E-state index < -0.39 is 32.9 Å². The molecule has 0 aliphatic carbocycles. The third-order valence-corrected chi connectivity index (χ3v) is 4.52. The molecule has 3 atom stereocenters. The fourth-order valence-electron chi connectivity index (χ4n) is 2.80. The number of rotatable bonds is 5. The van der Waals surface area contributed by atoms with Gasteiger partial charge in [-0.05, 0) is 0 Å². The Bertz CT molecular complexity index is 890. The highest BCUT2D eigenvalue weighted by molar-refractivity contribution is 7.46. The molecule has 0 amide bonds. The van der Waals surface area contributed by atoms with Crippen LogP contribution < -0.4 is 10.9 Å². The molecule has 1 saturated heterocycles. The number of anilines is 1. The summed E-state index contributed by atoms with van der Waals surface area (Å²) in [6, 6.07) is 0. The molecular formula is C12H18N5O7P. The zero-order valence-electron chi connectivity index (χ0n) is 13.4. The van der Waals surface area contributed by atoms with Gasteiger partial charge in [0.25, 0.3) is 5.56 Å². The van der Waals surface area contributed by atoms with Crippen molar-refractivity contribution in [2.75, 3.05) is 19.0 Å². The van der Waals surface area contributed by atoms with Crippen molar-refractivity contribution in [1.29, 1.82) is 0 Å². The quantitative estimate of drug-likeness (QED) is 0.474. The number of aromatic nitrogens is 4. The summed E-state index contributed by atoms with van der Waals surface area (Å²) in [5, 5.41) is 12.2. The Morgan fingerprint density at radius 1 is 1.52 bits per heavy atom.